The molecule has 4 heteroatoms. The first-order valence-electron chi connectivity index (χ1n) is 8.14. The van der Waals surface area contributed by atoms with E-state index >= 15 is 0 Å². The Kier molecular flexibility index (Phi) is 7.19. The number of carbonyl (C=O) groups excluding carboxylic acids is 1. The second-order valence-corrected chi connectivity index (χ2v) is 6.99. The van der Waals surface area contributed by atoms with Crippen molar-refractivity contribution in [3.8, 4) is 5.75 Å². The first-order chi connectivity index (χ1) is 11.5. The van der Waals surface area contributed by atoms with Gasteiger partial charge in [-0.2, -0.15) is 0 Å². The topological polar surface area (TPSA) is 38.3 Å². The quantitative estimate of drug-likeness (QED) is 0.735. The molecule has 1 amide bonds. The van der Waals surface area contributed by atoms with Gasteiger partial charge in [-0.25, -0.2) is 0 Å². The molecule has 0 fully saturated rings. The normalized spacial score (nSPS) is 10.5. The van der Waals surface area contributed by atoms with Crippen molar-refractivity contribution >= 4 is 17.7 Å². The van der Waals surface area contributed by atoms with Crippen LogP contribution in [0.25, 0.3) is 0 Å². The monoisotopic (exact) mass is 343 g/mol. The number of hydrogen-bond donors (Lipinski definition) is 1. The van der Waals surface area contributed by atoms with Gasteiger partial charge in [0.05, 0.1) is 12.3 Å². The van der Waals surface area contributed by atoms with Gasteiger partial charge in [0, 0.05) is 5.75 Å². The molecule has 2 aromatic carbocycles. The number of aryl methyl sites for hydroxylation is 3. The molecule has 0 bridgehead atoms. The van der Waals surface area contributed by atoms with Crippen LogP contribution in [0.15, 0.2) is 42.5 Å². The summed E-state index contributed by atoms with van der Waals surface area (Å²) >= 11 is 1.63. The summed E-state index contributed by atoms with van der Waals surface area (Å²) in [5.41, 5.74) is 4.87. The van der Waals surface area contributed by atoms with E-state index < -0.39 is 0 Å². The predicted octanol–water partition coefficient (Wildman–Crippen LogP) is 4.04. The van der Waals surface area contributed by atoms with E-state index in [0.29, 0.717) is 18.9 Å². The van der Waals surface area contributed by atoms with Crippen molar-refractivity contribution in [3.63, 3.8) is 0 Å². The van der Waals surface area contributed by atoms with Crippen LogP contribution >= 0.6 is 11.8 Å². The van der Waals surface area contributed by atoms with Gasteiger partial charge in [-0.3, -0.25) is 4.79 Å². The molecule has 0 saturated carbocycles. The standard InChI is InChI=1S/C20H25NO2S/c1-15-5-4-6-18(10-15)13-24-14-20(22)21-7-8-23-19-11-16(2)9-17(3)12-19/h4-6,9-12H,7-8,13-14H2,1-3H3,(H,21,22). The number of carbonyl (C=O) groups is 1. The molecule has 0 unspecified atom stereocenters. The van der Waals surface area contributed by atoms with Crippen molar-refractivity contribution in [1.29, 1.82) is 0 Å². The van der Waals surface area contributed by atoms with Gasteiger partial charge in [-0.1, -0.05) is 35.9 Å². The Labute approximate surface area is 148 Å². The highest BCUT2D eigenvalue weighted by molar-refractivity contribution is 7.99. The summed E-state index contributed by atoms with van der Waals surface area (Å²) in [5, 5.41) is 2.90. The van der Waals surface area contributed by atoms with E-state index in [4.69, 9.17) is 4.74 Å². The Morgan fingerprint density at radius 2 is 1.79 bits per heavy atom. The van der Waals surface area contributed by atoms with Crippen LogP contribution in [0.3, 0.4) is 0 Å². The van der Waals surface area contributed by atoms with E-state index in [1.54, 1.807) is 11.8 Å². The summed E-state index contributed by atoms with van der Waals surface area (Å²) in [7, 11) is 0. The summed E-state index contributed by atoms with van der Waals surface area (Å²) in [4.78, 5) is 11.8. The minimum absolute atomic E-state index is 0.0525. The molecule has 0 radical (unpaired) electrons. The van der Waals surface area contributed by atoms with Gasteiger partial charge in [0.15, 0.2) is 0 Å². The van der Waals surface area contributed by atoms with E-state index in [-0.39, 0.29) is 5.91 Å². The maximum absolute atomic E-state index is 11.8. The van der Waals surface area contributed by atoms with E-state index in [0.717, 1.165) is 11.5 Å². The maximum atomic E-state index is 11.8. The number of ether oxygens (including phenoxy) is 1. The van der Waals surface area contributed by atoms with Crippen LogP contribution in [-0.4, -0.2) is 24.8 Å². The Balaban J connectivity index is 1.61. The second kappa shape index (κ2) is 9.38. The molecule has 0 atom stereocenters. The molecule has 0 saturated heterocycles. The van der Waals surface area contributed by atoms with Gasteiger partial charge < -0.3 is 10.1 Å². The average Bonchev–Trinajstić information content (AvgIpc) is 2.51. The molecule has 0 aromatic heterocycles. The SMILES string of the molecule is Cc1cccc(CSCC(=O)NCCOc2cc(C)cc(C)c2)c1. The van der Waals surface area contributed by atoms with E-state index in [2.05, 4.69) is 42.6 Å². The average molecular weight is 343 g/mol. The largest absolute Gasteiger partial charge is 0.492 e. The van der Waals surface area contributed by atoms with E-state index in [9.17, 15) is 4.79 Å². The van der Waals surface area contributed by atoms with Crippen molar-refractivity contribution in [3.05, 3.63) is 64.7 Å². The van der Waals surface area contributed by atoms with Crippen LogP contribution in [0, 0.1) is 20.8 Å². The van der Waals surface area contributed by atoms with Gasteiger partial charge >= 0.3 is 0 Å². The Hall–Kier alpha value is -1.94. The number of amides is 1. The molecular formula is C20H25NO2S. The third-order valence-electron chi connectivity index (χ3n) is 3.47. The first-order valence-corrected chi connectivity index (χ1v) is 9.29. The molecule has 2 aromatic rings. The molecule has 0 aliphatic heterocycles. The van der Waals surface area contributed by atoms with Crippen LogP contribution in [0.4, 0.5) is 0 Å². The third kappa shape index (κ3) is 6.67. The van der Waals surface area contributed by atoms with Crippen molar-refractivity contribution in [2.45, 2.75) is 26.5 Å². The van der Waals surface area contributed by atoms with Gasteiger partial charge in [0.1, 0.15) is 12.4 Å². The lowest BCUT2D eigenvalue weighted by Gasteiger charge is -2.09. The van der Waals surface area contributed by atoms with Crippen molar-refractivity contribution in [2.24, 2.45) is 0 Å². The van der Waals surface area contributed by atoms with E-state index in [1.807, 2.05) is 26.0 Å². The number of benzene rings is 2. The molecule has 0 spiro atoms. The minimum Gasteiger partial charge on any atom is -0.492 e. The van der Waals surface area contributed by atoms with Gasteiger partial charge in [-0.15, -0.1) is 11.8 Å². The summed E-state index contributed by atoms with van der Waals surface area (Å²) < 4.78 is 5.68. The number of nitrogens with one attached hydrogen (secondary N) is 1. The molecule has 3 nitrogen and oxygen atoms in total. The van der Waals surface area contributed by atoms with Gasteiger partial charge in [0.2, 0.25) is 5.91 Å². The fraction of sp³-hybridized carbons (Fsp3) is 0.350. The molecular weight excluding hydrogens is 318 g/mol. The lowest BCUT2D eigenvalue weighted by molar-refractivity contribution is -0.118. The molecule has 0 aliphatic carbocycles. The van der Waals surface area contributed by atoms with Crippen molar-refractivity contribution < 1.29 is 9.53 Å². The molecule has 2 rings (SSSR count). The smallest absolute Gasteiger partial charge is 0.230 e. The first kappa shape index (κ1) is 18.4. The van der Waals surface area contributed by atoms with Crippen molar-refractivity contribution in [2.75, 3.05) is 18.9 Å². The van der Waals surface area contributed by atoms with Gasteiger partial charge in [-0.05, 0) is 49.6 Å². The second-order valence-electron chi connectivity index (χ2n) is 6.00. The number of thioether (sulfide) groups is 1. The predicted molar refractivity (Wildman–Crippen MR) is 102 cm³/mol. The summed E-state index contributed by atoms with van der Waals surface area (Å²) in [5.74, 6) is 2.23. The number of rotatable bonds is 8. The minimum atomic E-state index is 0.0525. The zero-order valence-corrected chi connectivity index (χ0v) is 15.4. The van der Waals surface area contributed by atoms with Crippen LogP contribution in [0.1, 0.15) is 22.3 Å². The van der Waals surface area contributed by atoms with Gasteiger partial charge in [0.25, 0.3) is 0 Å². The fourth-order valence-corrected chi connectivity index (χ4v) is 3.29. The lowest BCUT2D eigenvalue weighted by atomic mass is 10.1. The molecule has 0 heterocycles. The molecule has 1 N–H and O–H groups in total. The third-order valence-corrected chi connectivity index (χ3v) is 4.48. The van der Waals surface area contributed by atoms with E-state index in [1.165, 1.54) is 22.3 Å². The highest BCUT2D eigenvalue weighted by atomic mass is 32.2. The Bertz CT molecular complexity index is 665. The van der Waals surface area contributed by atoms with Crippen LogP contribution in [0.5, 0.6) is 5.75 Å². The van der Waals surface area contributed by atoms with Crippen LogP contribution < -0.4 is 10.1 Å². The summed E-state index contributed by atoms with van der Waals surface area (Å²) in [6.07, 6.45) is 0. The fourth-order valence-electron chi connectivity index (χ4n) is 2.49. The Morgan fingerprint density at radius 1 is 1.04 bits per heavy atom. The van der Waals surface area contributed by atoms with Crippen LogP contribution in [-0.2, 0) is 10.5 Å². The summed E-state index contributed by atoms with van der Waals surface area (Å²) in [6.45, 7) is 7.19. The Morgan fingerprint density at radius 3 is 2.50 bits per heavy atom. The highest BCUT2D eigenvalue weighted by Crippen LogP contribution is 2.16. The highest BCUT2D eigenvalue weighted by Gasteiger charge is 2.02. The lowest BCUT2D eigenvalue weighted by Crippen LogP contribution is -2.29. The summed E-state index contributed by atoms with van der Waals surface area (Å²) in [6, 6.07) is 14.5. The molecule has 0 aliphatic rings. The zero-order chi connectivity index (χ0) is 17.4. The number of hydrogen-bond acceptors (Lipinski definition) is 3. The van der Waals surface area contributed by atoms with Crippen LogP contribution in [0.2, 0.25) is 0 Å². The molecule has 128 valence electrons. The zero-order valence-electron chi connectivity index (χ0n) is 14.6. The van der Waals surface area contributed by atoms with Crippen molar-refractivity contribution in [1.82, 2.24) is 5.32 Å². The molecule has 24 heavy (non-hydrogen) atoms. The maximum Gasteiger partial charge on any atom is 0.230 e.